The Morgan fingerprint density at radius 3 is 2.71 bits per heavy atom. The quantitative estimate of drug-likeness (QED) is 0.566. The normalized spacial score (nSPS) is 16.4. The molecule has 0 saturated carbocycles. The van der Waals surface area contributed by atoms with E-state index in [1.165, 1.54) is 11.1 Å². The summed E-state index contributed by atoms with van der Waals surface area (Å²) in [5, 5.41) is 0. The highest BCUT2D eigenvalue weighted by atomic mass is 16.5. The molecule has 114 valence electrons. The Balaban J connectivity index is 1.70. The topological polar surface area (TPSA) is 15.7 Å². The van der Waals surface area contributed by atoms with E-state index in [2.05, 4.69) is 66.4 Å². The first-order valence-electron chi connectivity index (χ1n) is 7.62. The predicted molar refractivity (Wildman–Crippen MR) is 88.1 cm³/mol. The van der Waals surface area contributed by atoms with Crippen LogP contribution in [0.4, 0.5) is 0 Å². The van der Waals surface area contributed by atoms with Crippen molar-refractivity contribution in [2.75, 3.05) is 40.3 Å². The third-order valence-corrected chi connectivity index (χ3v) is 3.61. The van der Waals surface area contributed by atoms with E-state index in [0.717, 1.165) is 39.2 Å². The van der Waals surface area contributed by atoms with Gasteiger partial charge < -0.3 is 9.64 Å². The van der Waals surface area contributed by atoms with Crippen molar-refractivity contribution in [3.8, 4) is 0 Å². The number of ether oxygens (including phenoxy) is 1. The molecule has 0 atom stereocenters. The molecule has 3 heteroatoms. The Morgan fingerprint density at radius 1 is 1.24 bits per heavy atom. The highest BCUT2D eigenvalue weighted by Gasteiger charge is 2.10. The Hall–Kier alpha value is -1.58. The van der Waals surface area contributed by atoms with Gasteiger partial charge in [-0.3, -0.25) is 4.90 Å². The summed E-state index contributed by atoms with van der Waals surface area (Å²) in [6.45, 7) is 4.87. The van der Waals surface area contributed by atoms with Crippen LogP contribution in [0.5, 0.6) is 0 Å². The summed E-state index contributed by atoms with van der Waals surface area (Å²) in [7, 11) is 4.11. The van der Waals surface area contributed by atoms with Crippen LogP contribution in [0.2, 0.25) is 0 Å². The molecular weight excluding hydrogens is 260 g/mol. The Morgan fingerprint density at radius 2 is 2.05 bits per heavy atom. The minimum Gasteiger partial charge on any atom is -0.500 e. The van der Waals surface area contributed by atoms with Gasteiger partial charge in [-0.2, -0.15) is 0 Å². The lowest BCUT2D eigenvalue weighted by Crippen LogP contribution is -2.28. The van der Waals surface area contributed by atoms with Gasteiger partial charge in [-0.25, -0.2) is 0 Å². The number of benzene rings is 1. The van der Waals surface area contributed by atoms with E-state index in [0.29, 0.717) is 0 Å². The number of allylic oxidation sites excluding steroid dienone is 1. The van der Waals surface area contributed by atoms with E-state index in [4.69, 9.17) is 4.74 Å². The van der Waals surface area contributed by atoms with Gasteiger partial charge in [0.1, 0.15) is 0 Å². The van der Waals surface area contributed by atoms with Crippen LogP contribution in [0, 0.1) is 0 Å². The Bertz CT molecular complexity index is 465. The molecule has 0 spiro atoms. The molecule has 1 aromatic carbocycles. The van der Waals surface area contributed by atoms with E-state index in [-0.39, 0.29) is 0 Å². The maximum absolute atomic E-state index is 5.49. The number of likely N-dealkylation sites (N-methyl/N-ethyl adjacent to an activating group) is 1. The van der Waals surface area contributed by atoms with Crippen molar-refractivity contribution in [2.45, 2.75) is 13.0 Å². The van der Waals surface area contributed by atoms with Crippen LogP contribution >= 0.6 is 0 Å². The third kappa shape index (κ3) is 6.15. The molecule has 1 aromatic rings. The third-order valence-electron chi connectivity index (χ3n) is 3.61. The molecule has 1 heterocycles. The molecule has 0 aliphatic carbocycles. The summed E-state index contributed by atoms with van der Waals surface area (Å²) >= 11 is 0. The van der Waals surface area contributed by atoms with Gasteiger partial charge in [-0.15, -0.1) is 0 Å². The minimum absolute atomic E-state index is 0.747. The van der Waals surface area contributed by atoms with Gasteiger partial charge in [0.05, 0.1) is 12.9 Å². The monoisotopic (exact) mass is 286 g/mol. The molecule has 0 fully saturated rings. The largest absolute Gasteiger partial charge is 0.500 e. The molecule has 0 radical (unpaired) electrons. The number of hydrogen-bond acceptors (Lipinski definition) is 3. The molecule has 3 nitrogen and oxygen atoms in total. The standard InChI is InChI=1S/C18H26N2O/c1-19(2)13-15-21-14-10-17-8-11-20(12-9-17)16-18-6-4-3-5-7-18/h3-8,10,14H,9,11-13,15-16H2,1-2H3/b14-10+. The Kier molecular flexibility index (Phi) is 6.51. The number of rotatable bonds is 7. The molecule has 0 saturated heterocycles. The van der Waals surface area contributed by atoms with E-state index in [1.807, 2.05) is 6.26 Å². The van der Waals surface area contributed by atoms with Crippen LogP contribution in [-0.2, 0) is 11.3 Å². The zero-order valence-electron chi connectivity index (χ0n) is 13.2. The molecule has 21 heavy (non-hydrogen) atoms. The predicted octanol–water partition coefficient (Wildman–Crippen LogP) is 2.91. The van der Waals surface area contributed by atoms with Gasteiger partial charge in [-0.05, 0) is 37.7 Å². The first kappa shape index (κ1) is 15.8. The van der Waals surface area contributed by atoms with Crippen LogP contribution in [0.3, 0.4) is 0 Å². The lowest BCUT2D eigenvalue weighted by molar-refractivity contribution is 0.211. The van der Waals surface area contributed by atoms with Crippen molar-refractivity contribution in [1.82, 2.24) is 9.80 Å². The van der Waals surface area contributed by atoms with Crippen molar-refractivity contribution in [3.63, 3.8) is 0 Å². The molecule has 1 aliphatic rings. The Labute approximate surface area is 128 Å². The first-order valence-corrected chi connectivity index (χ1v) is 7.62. The molecule has 0 unspecified atom stereocenters. The number of hydrogen-bond donors (Lipinski definition) is 0. The van der Waals surface area contributed by atoms with E-state index in [9.17, 15) is 0 Å². The van der Waals surface area contributed by atoms with Crippen LogP contribution < -0.4 is 0 Å². The summed E-state index contributed by atoms with van der Waals surface area (Å²) < 4.78 is 5.49. The summed E-state index contributed by atoms with van der Waals surface area (Å²) in [5.41, 5.74) is 2.76. The first-order chi connectivity index (χ1) is 10.2. The highest BCUT2D eigenvalue weighted by Crippen LogP contribution is 2.14. The second kappa shape index (κ2) is 8.65. The van der Waals surface area contributed by atoms with Crippen LogP contribution in [0.15, 0.2) is 54.3 Å². The molecule has 2 rings (SSSR count). The maximum atomic E-state index is 5.49. The van der Waals surface area contributed by atoms with Crippen molar-refractivity contribution in [3.05, 3.63) is 59.9 Å². The lowest BCUT2D eigenvalue weighted by atomic mass is 10.1. The molecule has 0 aromatic heterocycles. The molecular formula is C18H26N2O. The van der Waals surface area contributed by atoms with Crippen LogP contribution in [-0.4, -0.2) is 50.1 Å². The van der Waals surface area contributed by atoms with Gasteiger partial charge in [0.25, 0.3) is 0 Å². The fourth-order valence-corrected chi connectivity index (χ4v) is 2.30. The van der Waals surface area contributed by atoms with E-state index in [1.54, 1.807) is 0 Å². The van der Waals surface area contributed by atoms with E-state index >= 15 is 0 Å². The summed E-state index contributed by atoms with van der Waals surface area (Å²) in [4.78, 5) is 4.59. The fraction of sp³-hybridized carbons (Fsp3) is 0.444. The van der Waals surface area contributed by atoms with Gasteiger partial charge >= 0.3 is 0 Å². The zero-order chi connectivity index (χ0) is 14.9. The van der Waals surface area contributed by atoms with Crippen molar-refractivity contribution >= 4 is 0 Å². The second-order valence-electron chi connectivity index (χ2n) is 5.73. The summed E-state index contributed by atoms with van der Waals surface area (Å²) in [6, 6.07) is 10.7. The molecule has 1 aliphatic heterocycles. The highest BCUT2D eigenvalue weighted by molar-refractivity contribution is 5.21. The average Bonchev–Trinajstić information content (AvgIpc) is 2.49. The van der Waals surface area contributed by atoms with Crippen molar-refractivity contribution in [2.24, 2.45) is 0 Å². The van der Waals surface area contributed by atoms with E-state index < -0.39 is 0 Å². The van der Waals surface area contributed by atoms with Gasteiger partial charge in [0.15, 0.2) is 0 Å². The molecule has 0 N–H and O–H groups in total. The van der Waals surface area contributed by atoms with Crippen molar-refractivity contribution < 1.29 is 4.74 Å². The summed E-state index contributed by atoms with van der Waals surface area (Å²) in [6.07, 6.45) is 7.34. The fourth-order valence-electron chi connectivity index (χ4n) is 2.30. The minimum atomic E-state index is 0.747. The zero-order valence-corrected chi connectivity index (χ0v) is 13.2. The summed E-state index contributed by atoms with van der Waals surface area (Å²) in [5.74, 6) is 0. The lowest BCUT2D eigenvalue weighted by Gasteiger charge is -2.25. The molecule has 0 bridgehead atoms. The molecule has 0 amide bonds. The smallest absolute Gasteiger partial charge is 0.0999 e. The van der Waals surface area contributed by atoms with Gasteiger partial charge in [-0.1, -0.05) is 36.4 Å². The second-order valence-corrected chi connectivity index (χ2v) is 5.73. The SMILES string of the molecule is CN(C)CCO/C=C/C1=CCN(Cc2ccccc2)CC1. The van der Waals surface area contributed by atoms with Crippen molar-refractivity contribution in [1.29, 1.82) is 0 Å². The van der Waals surface area contributed by atoms with Crippen LogP contribution in [0.1, 0.15) is 12.0 Å². The number of nitrogens with zero attached hydrogens (tertiary/aromatic N) is 2. The maximum Gasteiger partial charge on any atom is 0.0999 e. The van der Waals surface area contributed by atoms with Crippen LogP contribution in [0.25, 0.3) is 0 Å². The van der Waals surface area contributed by atoms with Gasteiger partial charge in [0, 0.05) is 26.2 Å². The average molecular weight is 286 g/mol. The van der Waals surface area contributed by atoms with Gasteiger partial charge in [0.2, 0.25) is 0 Å².